The average Bonchev–Trinajstić information content (AvgIpc) is 2.88. The number of alkyl halides is 2. The number of furan rings is 1. The molecule has 0 bridgehead atoms. The molecule has 0 aliphatic carbocycles. The standard InChI is InChI=1S/C15H15F2NO4/c1-2-8-3-4-12-9(5-8)10(7-22-12)14(19)18-11(15(20)21)6-13(16)17/h3-5,7,11,13H,2,6H2,1H3,(H,18,19)(H,20,21). The van der Waals surface area contributed by atoms with E-state index in [0.29, 0.717) is 11.0 Å². The van der Waals surface area contributed by atoms with Crippen LogP contribution in [0.5, 0.6) is 0 Å². The molecule has 0 fully saturated rings. The number of benzene rings is 1. The predicted molar refractivity (Wildman–Crippen MR) is 75.1 cm³/mol. The number of carboxylic acids is 1. The van der Waals surface area contributed by atoms with Gasteiger partial charge in [-0.1, -0.05) is 13.0 Å². The van der Waals surface area contributed by atoms with Crippen LogP contribution in [0.25, 0.3) is 11.0 Å². The van der Waals surface area contributed by atoms with Crippen LogP contribution in [0, 0.1) is 0 Å². The molecule has 2 N–H and O–H groups in total. The summed E-state index contributed by atoms with van der Waals surface area (Å²) in [7, 11) is 0. The van der Waals surface area contributed by atoms with Crippen molar-refractivity contribution in [3.05, 3.63) is 35.6 Å². The van der Waals surface area contributed by atoms with Gasteiger partial charge in [0, 0.05) is 11.8 Å². The average molecular weight is 311 g/mol. The Morgan fingerprint density at radius 1 is 1.36 bits per heavy atom. The summed E-state index contributed by atoms with van der Waals surface area (Å²) in [5.41, 5.74) is 1.58. The van der Waals surface area contributed by atoms with Crippen LogP contribution in [-0.2, 0) is 11.2 Å². The van der Waals surface area contributed by atoms with E-state index in [1.54, 1.807) is 12.1 Å². The molecular formula is C15H15F2NO4. The Hall–Kier alpha value is -2.44. The van der Waals surface area contributed by atoms with E-state index in [1.165, 1.54) is 6.26 Å². The molecule has 7 heteroatoms. The fourth-order valence-corrected chi connectivity index (χ4v) is 2.11. The van der Waals surface area contributed by atoms with Crippen molar-refractivity contribution >= 4 is 22.8 Å². The minimum atomic E-state index is -2.82. The highest BCUT2D eigenvalue weighted by Gasteiger charge is 2.26. The quantitative estimate of drug-likeness (QED) is 0.859. The zero-order chi connectivity index (χ0) is 16.3. The zero-order valence-corrected chi connectivity index (χ0v) is 11.8. The largest absolute Gasteiger partial charge is 0.480 e. The summed E-state index contributed by atoms with van der Waals surface area (Å²) in [6.07, 6.45) is -1.82. The van der Waals surface area contributed by atoms with Crippen molar-refractivity contribution in [1.82, 2.24) is 5.32 Å². The molecule has 22 heavy (non-hydrogen) atoms. The number of carbonyl (C=O) groups excluding carboxylic acids is 1. The molecule has 0 saturated carbocycles. The molecule has 118 valence electrons. The molecule has 0 spiro atoms. The molecule has 1 heterocycles. The molecule has 1 amide bonds. The number of amides is 1. The number of halogens is 2. The van der Waals surface area contributed by atoms with E-state index in [-0.39, 0.29) is 5.56 Å². The predicted octanol–water partition coefficient (Wildman–Crippen LogP) is 2.83. The van der Waals surface area contributed by atoms with E-state index in [0.717, 1.165) is 12.0 Å². The second-order valence-electron chi connectivity index (χ2n) is 4.82. The maximum Gasteiger partial charge on any atom is 0.326 e. The fraction of sp³-hybridized carbons (Fsp3) is 0.333. The number of hydrogen-bond donors (Lipinski definition) is 2. The zero-order valence-electron chi connectivity index (χ0n) is 11.8. The molecule has 2 rings (SSSR count). The van der Waals surface area contributed by atoms with Gasteiger partial charge in [0.05, 0.1) is 5.56 Å². The Morgan fingerprint density at radius 3 is 2.68 bits per heavy atom. The summed E-state index contributed by atoms with van der Waals surface area (Å²) in [4.78, 5) is 23.1. The Bertz CT molecular complexity index is 696. The third-order valence-corrected chi connectivity index (χ3v) is 3.31. The van der Waals surface area contributed by atoms with Crippen molar-refractivity contribution in [3.8, 4) is 0 Å². The molecule has 1 aromatic heterocycles. The van der Waals surface area contributed by atoms with Gasteiger partial charge >= 0.3 is 5.97 Å². The van der Waals surface area contributed by atoms with Gasteiger partial charge in [0.15, 0.2) is 0 Å². The number of carboxylic acid groups (broad SMARTS) is 1. The lowest BCUT2D eigenvalue weighted by molar-refractivity contribution is -0.140. The van der Waals surface area contributed by atoms with Gasteiger partial charge in [-0.15, -0.1) is 0 Å². The summed E-state index contributed by atoms with van der Waals surface area (Å²) in [5, 5.41) is 11.5. The first-order chi connectivity index (χ1) is 10.4. The van der Waals surface area contributed by atoms with Gasteiger partial charge < -0.3 is 14.8 Å². The second-order valence-corrected chi connectivity index (χ2v) is 4.82. The van der Waals surface area contributed by atoms with Crippen LogP contribution < -0.4 is 5.32 Å². The highest BCUT2D eigenvalue weighted by atomic mass is 19.3. The Morgan fingerprint density at radius 2 is 2.09 bits per heavy atom. The summed E-state index contributed by atoms with van der Waals surface area (Å²) < 4.78 is 29.9. The molecule has 0 radical (unpaired) electrons. The number of fused-ring (bicyclic) bond motifs is 1. The lowest BCUT2D eigenvalue weighted by Gasteiger charge is -2.13. The highest BCUT2D eigenvalue weighted by Crippen LogP contribution is 2.23. The molecule has 0 saturated heterocycles. The maximum atomic E-state index is 12.4. The van der Waals surface area contributed by atoms with Crippen molar-refractivity contribution in [1.29, 1.82) is 0 Å². The first-order valence-corrected chi connectivity index (χ1v) is 6.74. The summed E-state index contributed by atoms with van der Waals surface area (Å²) in [5.74, 6) is -2.25. The van der Waals surface area contributed by atoms with Gasteiger partial charge in [0.25, 0.3) is 5.91 Å². The molecule has 1 aromatic carbocycles. The summed E-state index contributed by atoms with van der Waals surface area (Å²) in [6.45, 7) is 1.95. The van der Waals surface area contributed by atoms with Gasteiger partial charge in [0.1, 0.15) is 17.9 Å². The number of rotatable bonds is 6. The number of hydrogen-bond acceptors (Lipinski definition) is 3. The Kier molecular flexibility index (Phi) is 4.75. The van der Waals surface area contributed by atoms with Crippen LogP contribution >= 0.6 is 0 Å². The van der Waals surface area contributed by atoms with Crippen LogP contribution in [0.4, 0.5) is 8.78 Å². The smallest absolute Gasteiger partial charge is 0.326 e. The van der Waals surface area contributed by atoms with Crippen LogP contribution in [0.1, 0.15) is 29.3 Å². The van der Waals surface area contributed by atoms with Gasteiger partial charge in [-0.25, -0.2) is 13.6 Å². The van der Waals surface area contributed by atoms with Crippen molar-refractivity contribution in [2.45, 2.75) is 32.2 Å². The van der Waals surface area contributed by atoms with Crippen molar-refractivity contribution in [2.24, 2.45) is 0 Å². The van der Waals surface area contributed by atoms with E-state index in [4.69, 9.17) is 9.52 Å². The first kappa shape index (κ1) is 15.9. The van der Waals surface area contributed by atoms with Crippen molar-refractivity contribution in [3.63, 3.8) is 0 Å². The second kappa shape index (κ2) is 6.55. The third kappa shape index (κ3) is 3.41. The lowest BCUT2D eigenvalue weighted by atomic mass is 10.1. The van der Waals surface area contributed by atoms with E-state index in [1.807, 2.05) is 13.0 Å². The van der Waals surface area contributed by atoms with E-state index in [2.05, 4.69) is 5.32 Å². The summed E-state index contributed by atoms with van der Waals surface area (Å²) >= 11 is 0. The number of carbonyl (C=O) groups is 2. The van der Waals surface area contributed by atoms with Crippen molar-refractivity contribution < 1.29 is 27.9 Å². The van der Waals surface area contributed by atoms with Gasteiger partial charge in [-0.2, -0.15) is 0 Å². The molecule has 5 nitrogen and oxygen atoms in total. The maximum absolute atomic E-state index is 12.4. The molecule has 1 atom stereocenters. The Labute approximate surface area is 124 Å². The molecule has 0 aliphatic heterocycles. The number of nitrogens with one attached hydrogen (secondary N) is 1. The van der Waals surface area contributed by atoms with Crippen LogP contribution in [0.2, 0.25) is 0 Å². The van der Waals surface area contributed by atoms with Gasteiger partial charge in [-0.3, -0.25) is 4.79 Å². The minimum absolute atomic E-state index is 0.130. The first-order valence-electron chi connectivity index (χ1n) is 6.74. The normalized spacial score (nSPS) is 12.5. The Balaban J connectivity index is 2.27. The SMILES string of the molecule is CCc1ccc2occ(C(=O)NC(CC(F)F)C(=O)O)c2c1. The molecular weight excluding hydrogens is 296 g/mol. The van der Waals surface area contributed by atoms with Gasteiger partial charge in [0.2, 0.25) is 6.43 Å². The van der Waals surface area contributed by atoms with Crippen LogP contribution in [0.3, 0.4) is 0 Å². The molecule has 2 aromatic rings. The van der Waals surface area contributed by atoms with E-state index >= 15 is 0 Å². The molecule has 1 unspecified atom stereocenters. The monoisotopic (exact) mass is 311 g/mol. The van der Waals surface area contributed by atoms with Crippen LogP contribution in [-0.4, -0.2) is 29.5 Å². The summed E-state index contributed by atoms with van der Waals surface area (Å²) in [6, 6.07) is 3.67. The number of aliphatic carboxylic acids is 1. The van der Waals surface area contributed by atoms with E-state index < -0.39 is 30.8 Å². The highest BCUT2D eigenvalue weighted by molar-refractivity contribution is 6.07. The minimum Gasteiger partial charge on any atom is -0.480 e. The van der Waals surface area contributed by atoms with Gasteiger partial charge in [-0.05, 0) is 24.1 Å². The van der Waals surface area contributed by atoms with Crippen molar-refractivity contribution in [2.75, 3.05) is 0 Å². The van der Waals surface area contributed by atoms with Crippen LogP contribution in [0.15, 0.2) is 28.9 Å². The fourth-order valence-electron chi connectivity index (χ4n) is 2.11. The lowest BCUT2D eigenvalue weighted by Crippen LogP contribution is -2.41. The topological polar surface area (TPSA) is 79.5 Å². The van der Waals surface area contributed by atoms with E-state index in [9.17, 15) is 18.4 Å². The molecule has 0 aliphatic rings. The number of aryl methyl sites for hydroxylation is 1. The third-order valence-electron chi connectivity index (χ3n) is 3.31.